The van der Waals surface area contributed by atoms with Gasteiger partial charge in [-0.2, -0.15) is 0 Å². The third-order valence-corrected chi connectivity index (χ3v) is 5.69. The number of rotatable bonds is 6. The van der Waals surface area contributed by atoms with Gasteiger partial charge in [-0.25, -0.2) is 4.98 Å². The first-order chi connectivity index (χ1) is 12.5. The maximum Gasteiger partial charge on any atom is 0.264 e. The summed E-state index contributed by atoms with van der Waals surface area (Å²) in [6, 6.07) is 11.7. The number of hydrogen-bond donors (Lipinski definition) is 1. The molecule has 1 amide bonds. The van der Waals surface area contributed by atoms with Gasteiger partial charge in [-0.3, -0.25) is 10.1 Å². The number of thiazole rings is 1. The molecular formula is C20H21ClN2O2S. The van der Waals surface area contributed by atoms with E-state index in [0.29, 0.717) is 21.8 Å². The van der Waals surface area contributed by atoms with E-state index in [0.717, 1.165) is 22.2 Å². The SMILES string of the molecule is CC[C@H](C)c1ccc(OCC(=O)Nc2nc3cc(Cl)c(C)cc3s2)cc1. The molecule has 0 fully saturated rings. The fourth-order valence-electron chi connectivity index (χ4n) is 2.54. The molecule has 3 rings (SSSR count). The van der Waals surface area contributed by atoms with Crippen LogP contribution in [0.4, 0.5) is 5.13 Å². The normalized spacial score (nSPS) is 12.2. The molecule has 1 atom stereocenters. The van der Waals surface area contributed by atoms with Crippen LogP contribution in [0, 0.1) is 6.92 Å². The van der Waals surface area contributed by atoms with E-state index in [4.69, 9.17) is 16.3 Å². The number of benzene rings is 2. The van der Waals surface area contributed by atoms with Crippen LogP contribution in [0.3, 0.4) is 0 Å². The lowest BCUT2D eigenvalue weighted by Gasteiger charge is -2.10. The number of aryl methyl sites for hydroxylation is 1. The predicted octanol–water partition coefficient (Wildman–Crippen LogP) is 5.79. The molecular weight excluding hydrogens is 368 g/mol. The number of nitrogens with zero attached hydrogens (tertiary/aromatic N) is 1. The standard InChI is InChI=1S/C20H21ClN2O2S/c1-4-12(2)14-5-7-15(8-6-14)25-11-19(24)23-20-22-17-10-16(21)13(3)9-18(17)26-20/h5-10,12H,4,11H2,1-3H3,(H,22,23,24)/t12-/m0/s1. The average molecular weight is 389 g/mol. The van der Waals surface area contributed by atoms with Crippen LogP contribution in [0.5, 0.6) is 5.75 Å². The summed E-state index contributed by atoms with van der Waals surface area (Å²) in [5, 5.41) is 3.99. The molecule has 0 saturated carbocycles. The van der Waals surface area contributed by atoms with E-state index in [1.165, 1.54) is 16.9 Å². The Morgan fingerprint density at radius 3 is 2.73 bits per heavy atom. The van der Waals surface area contributed by atoms with Crippen molar-refractivity contribution in [2.45, 2.75) is 33.1 Å². The van der Waals surface area contributed by atoms with E-state index in [-0.39, 0.29) is 12.5 Å². The van der Waals surface area contributed by atoms with Crippen molar-refractivity contribution in [1.29, 1.82) is 0 Å². The zero-order chi connectivity index (χ0) is 18.7. The van der Waals surface area contributed by atoms with Gasteiger partial charge >= 0.3 is 0 Å². The summed E-state index contributed by atoms with van der Waals surface area (Å²) >= 11 is 7.54. The third-order valence-electron chi connectivity index (χ3n) is 4.35. The summed E-state index contributed by atoms with van der Waals surface area (Å²) in [6.07, 6.45) is 1.09. The van der Waals surface area contributed by atoms with Gasteiger partial charge in [0.25, 0.3) is 5.91 Å². The number of nitrogens with one attached hydrogen (secondary N) is 1. The molecule has 1 heterocycles. The Morgan fingerprint density at radius 1 is 1.31 bits per heavy atom. The van der Waals surface area contributed by atoms with Gasteiger partial charge in [0.05, 0.1) is 10.2 Å². The topological polar surface area (TPSA) is 51.2 Å². The molecule has 2 aromatic carbocycles. The van der Waals surface area contributed by atoms with Crippen LogP contribution in [0.1, 0.15) is 37.3 Å². The van der Waals surface area contributed by atoms with Crippen LogP contribution in [-0.2, 0) is 4.79 Å². The molecule has 26 heavy (non-hydrogen) atoms. The molecule has 0 aliphatic heterocycles. The molecule has 0 bridgehead atoms. The highest BCUT2D eigenvalue weighted by Crippen LogP contribution is 2.30. The maximum atomic E-state index is 12.1. The minimum absolute atomic E-state index is 0.0572. The number of halogens is 1. The fourth-order valence-corrected chi connectivity index (χ4v) is 3.66. The van der Waals surface area contributed by atoms with Gasteiger partial charge in [-0.1, -0.05) is 48.9 Å². The van der Waals surface area contributed by atoms with Gasteiger partial charge < -0.3 is 4.74 Å². The van der Waals surface area contributed by atoms with Gasteiger partial charge in [0.2, 0.25) is 0 Å². The van der Waals surface area contributed by atoms with Crippen molar-refractivity contribution in [3.05, 3.63) is 52.5 Å². The fraction of sp³-hybridized carbons (Fsp3) is 0.300. The molecule has 0 aliphatic rings. The van der Waals surface area contributed by atoms with E-state index < -0.39 is 0 Å². The third kappa shape index (κ3) is 4.34. The van der Waals surface area contributed by atoms with E-state index in [2.05, 4.69) is 24.1 Å². The summed E-state index contributed by atoms with van der Waals surface area (Å²) in [5.41, 5.74) is 3.04. The lowest BCUT2D eigenvalue weighted by Crippen LogP contribution is -2.20. The summed E-state index contributed by atoms with van der Waals surface area (Å²) in [5.74, 6) is 0.959. The summed E-state index contributed by atoms with van der Waals surface area (Å²) in [4.78, 5) is 16.5. The number of fused-ring (bicyclic) bond motifs is 1. The lowest BCUT2D eigenvalue weighted by molar-refractivity contribution is -0.118. The Kier molecular flexibility index (Phi) is 5.79. The van der Waals surface area contributed by atoms with Crippen LogP contribution >= 0.6 is 22.9 Å². The first kappa shape index (κ1) is 18.7. The van der Waals surface area contributed by atoms with Gasteiger partial charge in [-0.05, 0) is 54.7 Å². The molecule has 4 nitrogen and oxygen atoms in total. The maximum absolute atomic E-state index is 12.1. The summed E-state index contributed by atoms with van der Waals surface area (Å²) in [6.45, 7) is 6.24. The van der Waals surface area contributed by atoms with Gasteiger partial charge in [0, 0.05) is 5.02 Å². The summed E-state index contributed by atoms with van der Waals surface area (Å²) in [7, 11) is 0. The van der Waals surface area contributed by atoms with E-state index in [9.17, 15) is 4.79 Å². The Hall–Kier alpha value is -2.11. The molecule has 0 aliphatic carbocycles. The monoisotopic (exact) mass is 388 g/mol. The number of aromatic nitrogens is 1. The average Bonchev–Trinajstić information content (AvgIpc) is 3.01. The van der Waals surface area contributed by atoms with Gasteiger partial charge in [0.1, 0.15) is 5.75 Å². The largest absolute Gasteiger partial charge is 0.484 e. The van der Waals surface area contributed by atoms with Crippen molar-refractivity contribution in [2.24, 2.45) is 0 Å². The van der Waals surface area contributed by atoms with Crippen molar-refractivity contribution in [1.82, 2.24) is 4.98 Å². The molecule has 0 unspecified atom stereocenters. The molecule has 0 spiro atoms. The first-order valence-electron chi connectivity index (χ1n) is 8.55. The van der Waals surface area contributed by atoms with Crippen molar-refractivity contribution in [2.75, 3.05) is 11.9 Å². The van der Waals surface area contributed by atoms with Gasteiger partial charge in [0.15, 0.2) is 11.7 Å². The highest BCUT2D eigenvalue weighted by molar-refractivity contribution is 7.22. The molecule has 3 aromatic rings. The van der Waals surface area contributed by atoms with E-state index >= 15 is 0 Å². The van der Waals surface area contributed by atoms with Crippen LogP contribution in [0.15, 0.2) is 36.4 Å². The zero-order valence-corrected chi connectivity index (χ0v) is 16.6. The molecule has 1 aromatic heterocycles. The number of amides is 1. The predicted molar refractivity (Wildman–Crippen MR) is 109 cm³/mol. The zero-order valence-electron chi connectivity index (χ0n) is 15.0. The van der Waals surface area contributed by atoms with Crippen LogP contribution in [0.2, 0.25) is 5.02 Å². The highest BCUT2D eigenvalue weighted by Gasteiger charge is 2.10. The Bertz CT molecular complexity index is 882. The Labute approximate surface area is 162 Å². The van der Waals surface area contributed by atoms with E-state index in [1.807, 2.05) is 43.3 Å². The minimum atomic E-state index is -0.238. The lowest BCUT2D eigenvalue weighted by atomic mass is 9.99. The van der Waals surface area contributed by atoms with Gasteiger partial charge in [-0.15, -0.1) is 0 Å². The second-order valence-electron chi connectivity index (χ2n) is 6.30. The highest BCUT2D eigenvalue weighted by atomic mass is 35.5. The van der Waals surface area contributed by atoms with Crippen LogP contribution in [0.25, 0.3) is 10.2 Å². The number of carbonyl (C=O) groups excluding carboxylic acids is 1. The van der Waals surface area contributed by atoms with Crippen molar-refractivity contribution >= 4 is 44.2 Å². The number of ether oxygens (including phenoxy) is 1. The quantitative estimate of drug-likeness (QED) is 0.581. The number of hydrogen-bond acceptors (Lipinski definition) is 4. The molecule has 6 heteroatoms. The molecule has 136 valence electrons. The number of carbonyl (C=O) groups is 1. The van der Waals surface area contributed by atoms with Crippen molar-refractivity contribution in [3.63, 3.8) is 0 Å². The van der Waals surface area contributed by atoms with Crippen LogP contribution < -0.4 is 10.1 Å². The second-order valence-corrected chi connectivity index (χ2v) is 7.74. The smallest absolute Gasteiger partial charge is 0.264 e. The molecule has 0 radical (unpaired) electrons. The Balaban J connectivity index is 1.59. The Morgan fingerprint density at radius 2 is 2.04 bits per heavy atom. The minimum Gasteiger partial charge on any atom is -0.484 e. The summed E-state index contributed by atoms with van der Waals surface area (Å²) < 4.78 is 6.55. The first-order valence-corrected chi connectivity index (χ1v) is 9.75. The van der Waals surface area contributed by atoms with Crippen molar-refractivity contribution < 1.29 is 9.53 Å². The molecule has 0 saturated heterocycles. The molecule has 1 N–H and O–H groups in total. The van der Waals surface area contributed by atoms with E-state index in [1.54, 1.807) is 0 Å². The van der Waals surface area contributed by atoms with Crippen molar-refractivity contribution in [3.8, 4) is 5.75 Å². The second kappa shape index (κ2) is 8.06. The number of anilines is 1. The van der Waals surface area contributed by atoms with Crippen LogP contribution in [-0.4, -0.2) is 17.5 Å².